The van der Waals surface area contributed by atoms with Crippen LogP contribution in [0.5, 0.6) is 0 Å². The summed E-state index contributed by atoms with van der Waals surface area (Å²) in [5.41, 5.74) is 0.703. The SMILES string of the molecule is CN(C(=O)c1ccc(C#N)cn1)c1ccccn1. The number of nitriles is 1. The molecule has 0 aliphatic heterocycles. The number of pyridine rings is 2. The largest absolute Gasteiger partial charge is 0.294 e. The van der Waals surface area contributed by atoms with Crippen LogP contribution in [-0.4, -0.2) is 22.9 Å². The number of anilines is 1. The van der Waals surface area contributed by atoms with Gasteiger partial charge in [-0.15, -0.1) is 0 Å². The molecule has 0 aliphatic rings. The molecule has 0 unspecified atom stereocenters. The molecule has 5 nitrogen and oxygen atoms in total. The Balaban J connectivity index is 2.23. The van der Waals surface area contributed by atoms with Crippen LogP contribution in [0.2, 0.25) is 0 Å². The van der Waals surface area contributed by atoms with Gasteiger partial charge in [-0.1, -0.05) is 6.07 Å². The number of hydrogen-bond donors (Lipinski definition) is 0. The number of carbonyl (C=O) groups is 1. The normalized spacial score (nSPS) is 9.56. The van der Waals surface area contributed by atoms with Crippen LogP contribution < -0.4 is 4.90 Å². The molecule has 2 aromatic heterocycles. The van der Waals surface area contributed by atoms with Crippen molar-refractivity contribution in [1.82, 2.24) is 9.97 Å². The Hall–Kier alpha value is -2.74. The molecule has 2 heterocycles. The Bertz CT molecular complexity index is 587. The van der Waals surface area contributed by atoms with Crippen molar-refractivity contribution in [3.63, 3.8) is 0 Å². The van der Waals surface area contributed by atoms with Gasteiger partial charge in [0.05, 0.1) is 5.56 Å². The number of aromatic nitrogens is 2. The fourth-order valence-corrected chi connectivity index (χ4v) is 1.41. The molecule has 0 aliphatic carbocycles. The average molecular weight is 238 g/mol. The predicted molar refractivity (Wildman–Crippen MR) is 65.9 cm³/mol. The summed E-state index contributed by atoms with van der Waals surface area (Å²) >= 11 is 0. The van der Waals surface area contributed by atoms with Crippen molar-refractivity contribution < 1.29 is 4.79 Å². The van der Waals surface area contributed by atoms with Gasteiger partial charge >= 0.3 is 0 Å². The maximum absolute atomic E-state index is 12.1. The lowest BCUT2D eigenvalue weighted by Crippen LogP contribution is -2.27. The topological polar surface area (TPSA) is 69.9 Å². The summed E-state index contributed by atoms with van der Waals surface area (Å²) in [4.78, 5) is 21.5. The van der Waals surface area contributed by atoms with E-state index < -0.39 is 0 Å². The lowest BCUT2D eigenvalue weighted by Gasteiger charge is -2.15. The summed E-state index contributed by atoms with van der Waals surface area (Å²) in [7, 11) is 1.63. The van der Waals surface area contributed by atoms with Crippen molar-refractivity contribution in [2.75, 3.05) is 11.9 Å². The third-order valence-corrected chi connectivity index (χ3v) is 2.41. The summed E-state index contributed by atoms with van der Waals surface area (Å²) in [6, 6.07) is 10.4. The molecule has 18 heavy (non-hydrogen) atoms. The standard InChI is InChI=1S/C13H10N4O/c1-17(12-4-2-3-7-15-12)13(18)11-6-5-10(8-14)9-16-11/h2-7,9H,1H3. The Kier molecular flexibility index (Phi) is 3.30. The van der Waals surface area contributed by atoms with Crippen LogP contribution >= 0.6 is 0 Å². The van der Waals surface area contributed by atoms with Gasteiger partial charge in [0.15, 0.2) is 0 Å². The molecule has 0 fully saturated rings. The van der Waals surface area contributed by atoms with Crippen LogP contribution in [0.25, 0.3) is 0 Å². The maximum Gasteiger partial charge on any atom is 0.277 e. The first kappa shape index (κ1) is 11.7. The van der Waals surface area contributed by atoms with E-state index in [0.29, 0.717) is 11.4 Å². The summed E-state index contributed by atoms with van der Waals surface area (Å²) in [5.74, 6) is 0.284. The van der Waals surface area contributed by atoms with E-state index in [1.807, 2.05) is 6.07 Å². The second-order valence-electron chi connectivity index (χ2n) is 3.60. The molecule has 5 heteroatoms. The highest BCUT2D eigenvalue weighted by atomic mass is 16.2. The van der Waals surface area contributed by atoms with Crippen LogP contribution in [0.3, 0.4) is 0 Å². The lowest BCUT2D eigenvalue weighted by molar-refractivity contribution is 0.0987. The zero-order valence-corrected chi connectivity index (χ0v) is 9.74. The van der Waals surface area contributed by atoms with E-state index in [9.17, 15) is 4.79 Å². The van der Waals surface area contributed by atoms with Gasteiger partial charge in [0.1, 0.15) is 17.6 Å². The molecule has 1 amide bonds. The third-order valence-electron chi connectivity index (χ3n) is 2.41. The summed E-state index contributed by atoms with van der Waals surface area (Å²) < 4.78 is 0. The van der Waals surface area contributed by atoms with Gasteiger partial charge in [-0.2, -0.15) is 5.26 Å². The van der Waals surface area contributed by atoms with Crippen LogP contribution in [0.1, 0.15) is 16.1 Å². The number of carbonyl (C=O) groups excluding carboxylic acids is 1. The highest BCUT2D eigenvalue weighted by Crippen LogP contribution is 2.10. The molecule has 0 atom stereocenters. The van der Waals surface area contributed by atoms with Gasteiger partial charge in [0.2, 0.25) is 0 Å². The molecule has 0 saturated heterocycles. The maximum atomic E-state index is 12.1. The molecule has 0 saturated carbocycles. The molecule has 0 bridgehead atoms. The van der Waals surface area contributed by atoms with Gasteiger partial charge in [-0.05, 0) is 24.3 Å². The monoisotopic (exact) mass is 238 g/mol. The smallest absolute Gasteiger partial charge is 0.277 e. The van der Waals surface area contributed by atoms with E-state index in [1.54, 1.807) is 37.5 Å². The van der Waals surface area contributed by atoms with Gasteiger partial charge in [0.25, 0.3) is 5.91 Å². The second kappa shape index (κ2) is 5.06. The molecule has 88 valence electrons. The lowest BCUT2D eigenvalue weighted by atomic mass is 10.2. The van der Waals surface area contributed by atoms with Crippen molar-refractivity contribution in [2.24, 2.45) is 0 Å². The molecule has 2 rings (SSSR count). The van der Waals surface area contributed by atoms with Gasteiger partial charge in [-0.25, -0.2) is 9.97 Å². The van der Waals surface area contributed by atoms with Crippen molar-refractivity contribution in [3.05, 3.63) is 54.0 Å². The van der Waals surface area contributed by atoms with E-state index >= 15 is 0 Å². The average Bonchev–Trinajstić information content (AvgIpc) is 2.47. The summed E-state index contributed by atoms with van der Waals surface area (Å²) in [5, 5.41) is 8.66. The zero-order chi connectivity index (χ0) is 13.0. The van der Waals surface area contributed by atoms with Gasteiger partial charge < -0.3 is 0 Å². The minimum Gasteiger partial charge on any atom is -0.294 e. The quantitative estimate of drug-likeness (QED) is 0.797. The second-order valence-corrected chi connectivity index (χ2v) is 3.60. The number of hydrogen-bond acceptors (Lipinski definition) is 4. The van der Waals surface area contributed by atoms with Crippen LogP contribution in [-0.2, 0) is 0 Å². The fourth-order valence-electron chi connectivity index (χ4n) is 1.41. The first-order valence-corrected chi connectivity index (χ1v) is 5.27. The van der Waals surface area contributed by atoms with E-state index in [2.05, 4.69) is 9.97 Å². The molecular formula is C13H10N4O. The van der Waals surface area contributed by atoms with E-state index in [-0.39, 0.29) is 11.6 Å². The number of nitrogens with zero attached hydrogens (tertiary/aromatic N) is 4. The molecular weight excluding hydrogens is 228 g/mol. The molecule has 2 aromatic rings. The molecule has 0 radical (unpaired) electrons. The van der Waals surface area contributed by atoms with Crippen molar-refractivity contribution in [3.8, 4) is 6.07 Å². The fraction of sp³-hybridized carbons (Fsp3) is 0.0769. The van der Waals surface area contributed by atoms with E-state index in [1.165, 1.54) is 17.2 Å². The van der Waals surface area contributed by atoms with Crippen LogP contribution in [0, 0.1) is 11.3 Å². The third kappa shape index (κ3) is 2.33. The first-order valence-electron chi connectivity index (χ1n) is 5.27. The van der Waals surface area contributed by atoms with Gasteiger partial charge in [0, 0.05) is 19.4 Å². The number of rotatable bonds is 2. The molecule has 0 aromatic carbocycles. The van der Waals surface area contributed by atoms with Gasteiger partial charge in [-0.3, -0.25) is 9.69 Å². The first-order chi connectivity index (χ1) is 8.72. The number of amides is 1. The Morgan fingerprint density at radius 3 is 2.67 bits per heavy atom. The van der Waals surface area contributed by atoms with Crippen molar-refractivity contribution in [2.45, 2.75) is 0 Å². The van der Waals surface area contributed by atoms with E-state index in [4.69, 9.17) is 5.26 Å². The Morgan fingerprint density at radius 2 is 2.11 bits per heavy atom. The summed E-state index contributed by atoms with van der Waals surface area (Å²) in [6.45, 7) is 0. The minimum absolute atomic E-state index is 0.266. The highest BCUT2D eigenvalue weighted by molar-refractivity contribution is 6.03. The zero-order valence-electron chi connectivity index (χ0n) is 9.74. The van der Waals surface area contributed by atoms with Crippen molar-refractivity contribution in [1.29, 1.82) is 5.26 Å². The summed E-state index contributed by atoms with van der Waals surface area (Å²) in [6.07, 6.45) is 2.99. The highest BCUT2D eigenvalue weighted by Gasteiger charge is 2.15. The van der Waals surface area contributed by atoms with E-state index in [0.717, 1.165) is 0 Å². The Labute approximate surface area is 104 Å². The van der Waals surface area contributed by atoms with Crippen molar-refractivity contribution >= 4 is 11.7 Å². The predicted octanol–water partition coefficient (Wildman–Crippen LogP) is 1.62. The Morgan fingerprint density at radius 1 is 1.28 bits per heavy atom. The van der Waals surface area contributed by atoms with Crippen LogP contribution in [0.4, 0.5) is 5.82 Å². The molecule has 0 N–H and O–H groups in total. The van der Waals surface area contributed by atoms with Crippen LogP contribution in [0.15, 0.2) is 42.7 Å². The molecule has 0 spiro atoms. The minimum atomic E-state index is -0.266.